The summed E-state index contributed by atoms with van der Waals surface area (Å²) >= 11 is 0. The van der Waals surface area contributed by atoms with Gasteiger partial charge in [0, 0.05) is 0 Å². The Morgan fingerprint density at radius 1 is 0.864 bits per heavy atom. The zero-order valence-corrected chi connectivity index (χ0v) is 26.0. The normalized spacial score (nSPS) is 12.0. The third kappa shape index (κ3) is 8.54. The van der Waals surface area contributed by atoms with Crippen LogP contribution in [0.15, 0.2) is 107 Å². The van der Waals surface area contributed by atoms with E-state index >= 15 is 0 Å². The van der Waals surface area contributed by atoms with Crippen LogP contribution < -0.4 is 19.8 Å². The van der Waals surface area contributed by atoms with E-state index in [4.69, 9.17) is 4.74 Å². The maximum absolute atomic E-state index is 13.7. The van der Waals surface area contributed by atoms with Crippen molar-refractivity contribution >= 4 is 33.7 Å². The summed E-state index contributed by atoms with van der Waals surface area (Å²) in [5.41, 5.74) is 7.02. The number of sulfonamides is 1. The Bertz CT molecular complexity index is 1720. The maximum atomic E-state index is 13.7. The van der Waals surface area contributed by atoms with Gasteiger partial charge in [0.25, 0.3) is 21.8 Å². The fraction of sp³-hybridized carbons (Fsp3) is 0.206. The summed E-state index contributed by atoms with van der Waals surface area (Å²) in [7, 11) is -4.04. The van der Waals surface area contributed by atoms with Crippen LogP contribution in [0.2, 0.25) is 0 Å². The highest BCUT2D eigenvalue weighted by molar-refractivity contribution is 7.92. The molecule has 0 aliphatic heterocycles. The number of benzene rings is 4. The number of rotatable bonds is 12. The van der Waals surface area contributed by atoms with Crippen LogP contribution in [-0.4, -0.2) is 39.6 Å². The topological polar surface area (TPSA) is 117 Å². The van der Waals surface area contributed by atoms with E-state index in [-0.39, 0.29) is 23.5 Å². The Morgan fingerprint density at radius 2 is 1.52 bits per heavy atom. The molecule has 0 saturated heterocycles. The van der Waals surface area contributed by atoms with Gasteiger partial charge in [-0.3, -0.25) is 13.9 Å². The van der Waals surface area contributed by atoms with Gasteiger partial charge in [0.15, 0.2) is 6.61 Å². The molecule has 2 amide bonds. The van der Waals surface area contributed by atoms with Crippen LogP contribution in [0.3, 0.4) is 0 Å². The summed E-state index contributed by atoms with van der Waals surface area (Å²) in [5.74, 6) is -0.346. The van der Waals surface area contributed by atoms with Crippen LogP contribution in [0.25, 0.3) is 0 Å². The van der Waals surface area contributed by atoms with Crippen molar-refractivity contribution in [2.75, 3.05) is 17.5 Å². The van der Waals surface area contributed by atoms with Gasteiger partial charge < -0.3 is 10.1 Å². The zero-order valence-electron chi connectivity index (χ0n) is 25.2. The molecule has 0 spiro atoms. The highest BCUT2D eigenvalue weighted by Gasteiger charge is 2.28. The lowest BCUT2D eigenvalue weighted by molar-refractivity contribution is -0.123. The molecule has 0 aliphatic rings. The van der Waals surface area contributed by atoms with Gasteiger partial charge in [-0.2, -0.15) is 5.10 Å². The number of anilines is 1. The fourth-order valence-electron chi connectivity index (χ4n) is 4.38. The van der Waals surface area contributed by atoms with E-state index in [9.17, 15) is 18.0 Å². The smallest absolute Gasteiger partial charge is 0.264 e. The molecular formula is C34H36N4O5S. The van der Waals surface area contributed by atoms with Crippen molar-refractivity contribution in [1.29, 1.82) is 0 Å². The lowest BCUT2D eigenvalue weighted by Gasteiger charge is -2.25. The van der Waals surface area contributed by atoms with Crippen molar-refractivity contribution in [3.8, 4) is 5.75 Å². The van der Waals surface area contributed by atoms with Crippen LogP contribution in [-0.2, 0) is 19.6 Å². The standard InChI is InChI=1S/C34H36N4O5S/c1-24-11-18-31(19-12-24)44(41,42)38(32-20-25(2)10-13-26(32)3)22-33(39)37-35-21-28-14-16-30(17-15-28)43-23-34(40)36-27(4)29-8-6-5-7-9-29/h5-21,27H,22-23H2,1-4H3,(H,36,40)(H,37,39)/b35-21-/t27-/m1/s1. The fourth-order valence-corrected chi connectivity index (χ4v) is 5.85. The van der Waals surface area contributed by atoms with Crippen molar-refractivity contribution in [3.05, 3.63) is 125 Å². The van der Waals surface area contributed by atoms with Gasteiger partial charge in [-0.25, -0.2) is 13.8 Å². The molecule has 0 bridgehead atoms. The molecule has 4 aromatic rings. The van der Waals surface area contributed by atoms with E-state index < -0.39 is 22.5 Å². The molecule has 4 aromatic carbocycles. The minimum atomic E-state index is -4.04. The number of amides is 2. The van der Waals surface area contributed by atoms with Crippen LogP contribution >= 0.6 is 0 Å². The first-order valence-electron chi connectivity index (χ1n) is 14.1. The molecule has 0 aromatic heterocycles. The minimum absolute atomic E-state index is 0.0887. The molecule has 0 saturated carbocycles. The Hall–Kier alpha value is -4.96. The molecule has 0 fully saturated rings. The summed E-state index contributed by atoms with van der Waals surface area (Å²) < 4.78 is 34.0. The van der Waals surface area contributed by atoms with E-state index in [1.807, 2.05) is 63.2 Å². The summed E-state index contributed by atoms with van der Waals surface area (Å²) in [4.78, 5) is 25.3. The average molecular weight is 613 g/mol. The predicted octanol–water partition coefficient (Wildman–Crippen LogP) is 5.21. The quantitative estimate of drug-likeness (QED) is 0.168. The molecule has 0 radical (unpaired) electrons. The van der Waals surface area contributed by atoms with Gasteiger partial charge in [0.2, 0.25) is 0 Å². The van der Waals surface area contributed by atoms with Gasteiger partial charge in [-0.05, 0) is 92.4 Å². The molecule has 9 nitrogen and oxygen atoms in total. The number of ether oxygens (including phenoxy) is 1. The number of aryl methyl sites for hydroxylation is 3. The first-order chi connectivity index (χ1) is 21.0. The number of carbonyl (C=O) groups excluding carboxylic acids is 2. The van der Waals surface area contributed by atoms with Crippen LogP contribution in [0.1, 0.15) is 40.8 Å². The second-order valence-electron chi connectivity index (χ2n) is 10.5. The molecular weight excluding hydrogens is 576 g/mol. The Kier molecular flexibility index (Phi) is 10.5. The molecule has 0 unspecified atom stereocenters. The second-order valence-corrected chi connectivity index (χ2v) is 12.3. The van der Waals surface area contributed by atoms with Gasteiger partial charge in [-0.1, -0.05) is 60.2 Å². The maximum Gasteiger partial charge on any atom is 0.264 e. The molecule has 0 aliphatic carbocycles. The van der Waals surface area contributed by atoms with E-state index in [2.05, 4.69) is 15.8 Å². The Labute approximate surface area is 258 Å². The predicted molar refractivity (Wildman–Crippen MR) is 172 cm³/mol. The van der Waals surface area contributed by atoms with Gasteiger partial charge in [-0.15, -0.1) is 0 Å². The first-order valence-corrected chi connectivity index (χ1v) is 15.5. The Morgan fingerprint density at radius 3 is 2.20 bits per heavy atom. The molecule has 228 valence electrons. The first kappa shape index (κ1) is 32.0. The van der Waals surface area contributed by atoms with Gasteiger partial charge in [0.05, 0.1) is 22.8 Å². The van der Waals surface area contributed by atoms with Crippen molar-refractivity contribution in [3.63, 3.8) is 0 Å². The molecule has 2 N–H and O–H groups in total. The highest BCUT2D eigenvalue weighted by atomic mass is 32.2. The van der Waals surface area contributed by atoms with Crippen LogP contribution in [0, 0.1) is 20.8 Å². The molecule has 0 heterocycles. The second kappa shape index (κ2) is 14.5. The number of hydrogen-bond acceptors (Lipinski definition) is 6. The van der Waals surface area contributed by atoms with Gasteiger partial charge >= 0.3 is 0 Å². The number of nitrogens with one attached hydrogen (secondary N) is 2. The number of nitrogens with zero attached hydrogens (tertiary/aromatic N) is 2. The average Bonchev–Trinajstić information content (AvgIpc) is 3.01. The molecule has 4 rings (SSSR count). The third-order valence-corrected chi connectivity index (χ3v) is 8.63. The number of carbonyl (C=O) groups is 2. The molecule has 44 heavy (non-hydrogen) atoms. The summed E-state index contributed by atoms with van der Waals surface area (Å²) in [6, 6.07) is 28.3. The van der Waals surface area contributed by atoms with E-state index in [0.717, 1.165) is 21.0 Å². The molecule has 10 heteroatoms. The van der Waals surface area contributed by atoms with Crippen LogP contribution in [0.4, 0.5) is 5.69 Å². The molecule has 1 atom stereocenters. The SMILES string of the molecule is Cc1ccc(S(=O)(=O)N(CC(=O)N/N=C\c2ccc(OCC(=O)N[C@H](C)c3ccccc3)cc2)c2cc(C)ccc2C)cc1. The van der Waals surface area contributed by atoms with Crippen molar-refractivity contribution in [2.24, 2.45) is 5.10 Å². The lowest BCUT2D eigenvalue weighted by atomic mass is 10.1. The van der Waals surface area contributed by atoms with Crippen LogP contribution in [0.5, 0.6) is 5.75 Å². The highest BCUT2D eigenvalue weighted by Crippen LogP contribution is 2.28. The zero-order chi connectivity index (χ0) is 31.7. The number of hydrogen-bond donors (Lipinski definition) is 2. The van der Waals surface area contributed by atoms with Crippen molar-refractivity contribution in [1.82, 2.24) is 10.7 Å². The summed E-state index contributed by atoms with van der Waals surface area (Å²) in [6.45, 7) is 6.84. The monoisotopic (exact) mass is 612 g/mol. The lowest BCUT2D eigenvalue weighted by Crippen LogP contribution is -2.40. The van der Waals surface area contributed by atoms with E-state index in [0.29, 0.717) is 22.6 Å². The summed E-state index contributed by atoms with van der Waals surface area (Å²) in [6.07, 6.45) is 1.44. The third-order valence-electron chi connectivity index (χ3n) is 6.86. The number of hydrazone groups is 1. The van der Waals surface area contributed by atoms with Gasteiger partial charge in [0.1, 0.15) is 12.3 Å². The van der Waals surface area contributed by atoms with E-state index in [1.54, 1.807) is 49.4 Å². The minimum Gasteiger partial charge on any atom is -0.484 e. The summed E-state index contributed by atoms with van der Waals surface area (Å²) in [5, 5.41) is 6.91. The van der Waals surface area contributed by atoms with Crippen molar-refractivity contribution < 1.29 is 22.7 Å². The largest absolute Gasteiger partial charge is 0.484 e. The van der Waals surface area contributed by atoms with Crippen molar-refractivity contribution in [2.45, 2.75) is 38.6 Å². The Balaban J connectivity index is 1.36. The van der Waals surface area contributed by atoms with E-state index in [1.165, 1.54) is 18.3 Å².